The molecule has 0 atom stereocenters. The highest BCUT2D eigenvalue weighted by Crippen LogP contribution is 2.27. The molecule has 0 spiro atoms. The van der Waals surface area contributed by atoms with Gasteiger partial charge in [-0.25, -0.2) is 9.78 Å². The minimum absolute atomic E-state index is 0.231. The van der Waals surface area contributed by atoms with Crippen LogP contribution in [0.15, 0.2) is 35.1 Å². The Morgan fingerprint density at radius 2 is 2.04 bits per heavy atom. The number of aromatic amines is 1. The molecule has 0 aliphatic heterocycles. The van der Waals surface area contributed by atoms with Crippen LogP contribution in [0.3, 0.4) is 0 Å². The number of carbonyl (C=O) groups excluding carboxylic acids is 1. The molecule has 0 unspecified atom stereocenters. The van der Waals surface area contributed by atoms with Gasteiger partial charge in [0.15, 0.2) is 0 Å². The van der Waals surface area contributed by atoms with E-state index in [0.717, 1.165) is 5.56 Å². The summed E-state index contributed by atoms with van der Waals surface area (Å²) in [6.45, 7) is 4.91. The van der Waals surface area contributed by atoms with Gasteiger partial charge in [-0.3, -0.25) is 4.79 Å². The molecule has 0 aliphatic carbocycles. The maximum atomic E-state index is 12.4. The average Bonchev–Trinajstić information content (AvgIpc) is 2.93. The quantitative estimate of drug-likeness (QED) is 0.663. The van der Waals surface area contributed by atoms with Crippen molar-refractivity contribution in [2.24, 2.45) is 0 Å². The van der Waals surface area contributed by atoms with E-state index in [4.69, 9.17) is 4.74 Å². The van der Waals surface area contributed by atoms with E-state index in [1.54, 1.807) is 13.8 Å². The summed E-state index contributed by atoms with van der Waals surface area (Å²) in [6, 6.07) is 9.99. The third kappa shape index (κ3) is 3.78. The number of carbonyl (C=O) groups is 1. The van der Waals surface area contributed by atoms with Gasteiger partial charge in [0.2, 0.25) is 0 Å². The highest BCUT2D eigenvalue weighted by Gasteiger charge is 2.20. The van der Waals surface area contributed by atoms with E-state index < -0.39 is 5.97 Å². The number of ether oxygens (including phenoxy) is 1. The summed E-state index contributed by atoms with van der Waals surface area (Å²) in [7, 11) is 0. The maximum absolute atomic E-state index is 12.4. The Hall–Kier alpha value is -2.51. The monoisotopic (exact) mass is 357 g/mol. The summed E-state index contributed by atoms with van der Waals surface area (Å²) >= 11 is 1.20. The summed E-state index contributed by atoms with van der Waals surface area (Å²) in [6.07, 6.45) is 0. The fourth-order valence-electron chi connectivity index (χ4n) is 2.58. The molecule has 1 aromatic carbocycles. The van der Waals surface area contributed by atoms with E-state index in [1.807, 2.05) is 30.3 Å². The van der Waals surface area contributed by atoms with Gasteiger partial charge < -0.3 is 15.0 Å². The molecule has 25 heavy (non-hydrogen) atoms. The normalized spacial score (nSPS) is 11.0. The largest absolute Gasteiger partial charge is 0.462 e. The molecule has 2 N–H and O–H groups in total. The topological polar surface area (TPSA) is 84.1 Å². The highest BCUT2D eigenvalue weighted by atomic mass is 32.1. The van der Waals surface area contributed by atoms with Gasteiger partial charge in [-0.05, 0) is 25.0 Å². The number of nitrogens with one attached hydrogen (secondary N) is 2. The highest BCUT2D eigenvalue weighted by molar-refractivity contribution is 7.20. The predicted octanol–water partition coefficient (Wildman–Crippen LogP) is 2.76. The predicted molar refractivity (Wildman–Crippen MR) is 97.9 cm³/mol. The van der Waals surface area contributed by atoms with Gasteiger partial charge in [0.25, 0.3) is 5.56 Å². The minimum atomic E-state index is -0.411. The van der Waals surface area contributed by atoms with Crippen LogP contribution in [0.5, 0.6) is 0 Å². The number of aromatic nitrogens is 2. The van der Waals surface area contributed by atoms with Crippen LogP contribution in [0, 0.1) is 6.92 Å². The first kappa shape index (κ1) is 17.3. The van der Waals surface area contributed by atoms with Gasteiger partial charge in [-0.2, -0.15) is 0 Å². The minimum Gasteiger partial charge on any atom is -0.462 e. The van der Waals surface area contributed by atoms with E-state index in [9.17, 15) is 9.59 Å². The Balaban J connectivity index is 1.81. The maximum Gasteiger partial charge on any atom is 0.348 e. The Kier molecular flexibility index (Phi) is 5.25. The first-order valence-electron chi connectivity index (χ1n) is 8.04. The second kappa shape index (κ2) is 7.58. The van der Waals surface area contributed by atoms with Crippen LogP contribution in [0.25, 0.3) is 10.2 Å². The lowest BCUT2D eigenvalue weighted by atomic mass is 10.2. The number of benzene rings is 1. The fraction of sp³-hybridized carbons (Fsp3) is 0.278. The second-order valence-electron chi connectivity index (χ2n) is 5.56. The first-order chi connectivity index (χ1) is 12.1. The molecule has 130 valence electrons. The molecule has 0 amide bonds. The third-order valence-electron chi connectivity index (χ3n) is 3.77. The zero-order chi connectivity index (χ0) is 17.8. The van der Waals surface area contributed by atoms with Crippen LogP contribution < -0.4 is 10.9 Å². The van der Waals surface area contributed by atoms with Gasteiger partial charge >= 0.3 is 5.97 Å². The van der Waals surface area contributed by atoms with Crippen LogP contribution in [0.4, 0.5) is 0 Å². The van der Waals surface area contributed by atoms with Crippen LogP contribution in [-0.2, 0) is 17.8 Å². The molecule has 0 radical (unpaired) electrons. The molecule has 7 heteroatoms. The van der Waals surface area contributed by atoms with E-state index >= 15 is 0 Å². The van der Waals surface area contributed by atoms with Crippen LogP contribution in [-0.4, -0.2) is 22.5 Å². The zero-order valence-electron chi connectivity index (χ0n) is 14.1. The number of hydrogen-bond donors (Lipinski definition) is 2. The summed E-state index contributed by atoms with van der Waals surface area (Å²) in [5, 5.41) is 3.71. The van der Waals surface area contributed by atoms with Gasteiger partial charge in [0, 0.05) is 6.54 Å². The summed E-state index contributed by atoms with van der Waals surface area (Å²) in [5.74, 6) is 0.135. The smallest absolute Gasteiger partial charge is 0.348 e. The lowest BCUT2D eigenvalue weighted by Crippen LogP contribution is -2.19. The number of thiophene rings is 1. The van der Waals surface area contributed by atoms with E-state index in [-0.39, 0.29) is 5.56 Å². The van der Waals surface area contributed by atoms with E-state index in [1.165, 1.54) is 11.3 Å². The standard InChI is InChI=1S/C18H19N3O3S/c1-3-24-18(23)15-11(2)14-16(22)20-13(21-17(14)25-15)10-19-9-12-7-5-4-6-8-12/h4-8,19H,3,9-10H2,1-2H3,(H,20,21,22). The van der Waals surface area contributed by atoms with Crippen molar-refractivity contribution < 1.29 is 9.53 Å². The van der Waals surface area contributed by atoms with Crippen molar-refractivity contribution in [1.82, 2.24) is 15.3 Å². The Morgan fingerprint density at radius 1 is 1.28 bits per heavy atom. The number of nitrogens with zero attached hydrogens (tertiary/aromatic N) is 1. The van der Waals surface area contributed by atoms with Crippen molar-refractivity contribution in [3.8, 4) is 0 Å². The first-order valence-corrected chi connectivity index (χ1v) is 8.86. The molecular formula is C18H19N3O3S. The molecule has 2 aromatic heterocycles. The average molecular weight is 357 g/mol. The lowest BCUT2D eigenvalue weighted by molar-refractivity contribution is 0.0531. The van der Waals surface area contributed by atoms with Crippen molar-refractivity contribution in [1.29, 1.82) is 0 Å². The summed E-state index contributed by atoms with van der Waals surface area (Å²) in [5.41, 5.74) is 1.55. The van der Waals surface area contributed by atoms with Gasteiger partial charge in [-0.15, -0.1) is 11.3 Å². The van der Waals surface area contributed by atoms with Crippen LogP contribution >= 0.6 is 11.3 Å². The SMILES string of the molecule is CCOC(=O)c1sc2nc(CNCc3ccccc3)[nH]c(=O)c2c1C. The number of hydrogen-bond acceptors (Lipinski definition) is 6. The molecule has 0 saturated carbocycles. The van der Waals surface area contributed by atoms with E-state index in [2.05, 4.69) is 15.3 Å². The lowest BCUT2D eigenvalue weighted by Gasteiger charge is -2.04. The Bertz CT molecular complexity index is 947. The van der Waals surface area contributed by atoms with Crippen molar-refractivity contribution in [3.05, 3.63) is 62.5 Å². The zero-order valence-corrected chi connectivity index (χ0v) is 14.9. The molecule has 0 bridgehead atoms. The van der Waals surface area contributed by atoms with Crippen LogP contribution in [0.2, 0.25) is 0 Å². The number of aryl methyl sites for hydroxylation is 1. The van der Waals surface area contributed by atoms with Crippen molar-refractivity contribution in [3.63, 3.8) is 0 Å². The van der Waals surface area contributed by atoms with Crippen molar-refractivity contribution in [2.75, 3.05) is 6.61 Å². The molecule has 2 heterocycles. The molecular weight excluding hydrogens is 338 g/mol. The summed E-state index contributed by atoms with van der Waals surface area (Å²) in [4.78, 5) is 32.6. The Morgan fingerprint density at radius 3 is 2.76 bits per heavy atom. The molecule has 6 nitrogen and oxygen atoms in total. The third-order valence-corrected chi connectivity index (χ3v) is 4.94. The van der Waals surface area contributed by atoms with Crippen LogP contribution in [0.1, 0.15) is 33.5 Å². The Labute approximate surface area is 148 Å². The fourth-order valence-corrected chi connectivity index (χ4v) is 3.68. The molecule has 0 aliphatic rings. The molecule has 3 rings (SSSR count). The van der Waals surface area contributed by atoms with Gasteiger partial charge in [0.1, 0.15) is 15.5 Å². The van der Waals surface area contributed by atoms with E-state index in [0.29, 0.717) is 46.2 Å². The van der Waals surface area contributed by atoms with Gasteiger partial charge in [0.05, 0.1) is 18.5 Å². The number of H-pyrrole nitrogens is 1. The number of fused-ring (bicyclic) bond motifs is 1. The molecule has 0 fully saturated rings. The van der Waals surface area contributed by atoms with Gasteiger partial charge in [-0.1, -0.05) is 30.3 Å². The van der Waals surface area contributed by atoms with Crippen molar-refractivity contribution in [2.45, 2.75) is 26.9 Å². The number of rotatable bonds is 6. The number of esters is 1. The summed E-state index contributed by atoms with van der Waals surface area (Å²) < 4.78 is 5.04. The second-order valence-corrected chi connectivity index (χ2v) is 6.56. The van der Waals surface area contributed by atoms with Crippen molar-refractivity contribution >= 4 is 27.5 Å². The molecule has 0 saturated heterocycles. The molecule has 3 aromatic rings.